The van der Waals surface area contributed by atoms with Gasteiger partial charge in [0.15, 0.2) is 0 Å². The molecule has 2 aromatic rings. The summed E-state index contributed by atoms with van der Waals surface area (Å²) in [6.07, 6.45) is -0.122. The summed E-state index contributed by atoms with van der Waals surface area (Å²) >= 11 is 5.88. The fourth-order valence-electron chi connectivity index (χ4n) is 3.04. The summed E-state index contributed by atoms with van der Waals surface area (Å²) in [5.41, 5.74) is 1.60. The second-order valence-corrected chi connectivity index (χ2v) is 6.98. The van der Waals surface area contributed by atoms with Crippen molar-refractivity contribution in [2.75, 3.05) is 31.6 Å². The highest BCUT2D eigenvalue weighted by atomic mass is 35.5. The number of morpholine rings is 1. The maximum absolute atomic E-state index is 12.3. The number of nitrogens with zero attached hydrogens (tertiary/aromatic N) is 1. The topological polar surface area (TPSA) is 62.8 Å². The highest BCUT2D eigenvalue weighted by molar-refractivity contribution is 6.32. The average Bonchev–Trinajstić information content (AvgIpc) is 2.69. The van der Waals surface area contributed by atoms with Crippen LogP contribution in [0.15, 0.2) is 48.5 Å². The number of benzene rings is 2. The van der Waals surface area contributed by atoms with Crippen LogP contribution < -0.4 is 15.4 Å². The quantitative estimate of drug-likeness (QED) is 0.704. The Morgan fingerprint density at radius 3 is 2.79 bits per heavy atom. The van der Waals surface area contributed by atoms with Gasteiger partial charge in [0.05, 0.1) is 17.7 Å². The Morgan fingerprint density at radius 1 is 1.28 bits per heavy atom. The van der Waals surface area contributed by atoms with E-state index in [0.717, 1.165) is 13.1 Å². The Morgan fingerprint density at radius 2 is 2.07 bits per heavy atom. The van der Waals surface area contributed by atoms with Crippen molar-refractivity contribution >= 4 is 23.3 Å². The molecular weight excluding hydrogens is 404 g/mol. The number of hydrogen-bond acceptors (Lipinski definition) is 4. The molecule has 0 bridgehead atoms. The fourth-order valence-corrected chi connectivity index (χ4v) is 3.27. The molecule has 3 rings (SSSR count). The van der Waals surface area contributed by atoms with Crippen molar-refractivity contribution in [3.63, 3.8) is 0 Å². The molecular formula is C20H22ClF2N3O3. The number of urea groups is 1. The monoisotopic (exact) mass is 425 g/mol. The Kier molecular flexibility index (Phi) is 7.62. The second-order valence-electron chi connectivity index (χ2n) is 6.57. The fraction of sp³-hybridized carbons (Fsp3) is 0.350. The van der Waals surface area contributed by atoms with Crippen molar-refractivity contribution in [3.05, 3.63) is 59.1 Å². The van der Waals surface area contributed by atoms with E-state index in [0.29, 0.717) is 25.4 Å². The van der Waals surface area contributed by atoms with Crippen LogP contribution in [0.3, 0.4) is 0 Å². The average molecular weight is 426 g/mol. The van der Waals surface area contributed by atoms with Gasteiger partial charge in [-0.15, -0.1) is 0 Å². The lowest BCUT2D eigenvalue weighted by molar-refractivity contribution is -0.0497. The normalized spacial score (nSPS) is 17.2. The smallest absolute Gasteiger partial charge is 0.387 e. The minimum atomic E-state index is -2.97. The van der Waals surface area contributed by atoms with Gasteiger partial charge in [-0.1, -0.05) is 41.9 Å². The minimum Gasteiger partial charge on any atom is -0.433 e. The molecule has 1 aliphatic heterocycles. The second kappa shape index (κ2) is 10.4. The van der Waals surface area contributed by atoms with E-state index in [4.69, 9.17) is 16.3 Å². The van der Waals surface area contributed by atoms with Crippen molar-refractivity contribution < 1.29 is 23.0 Å². The molecule has 0 aromatic heterocycles. The molecule has 2 N–H and O–H groups in total. The number of rotatable bonds is 7. The molecule has 1 aliphatic rings. The zero-order chi connectivity index (χ0) is 20.6. The number of halogens is 3. The summed E-state index contributed by atoms with van der Waals surface area (Å²) in [6, 6.07) is 13.8. The molecule has 1 unspecified atom stereocenters. The van der Waals surface area contributed by atoms with E-state index < -0.39 is 12.6 Å². The van der Waals surface area contributed by atoms with E-state index >= 15 is 0 Å². The molecule has 156 valence electrons. The highest BCUT2D eigenvalue weighted by Crippen LogP contribution is 2.28. The first-order valence-electron chi connectivity index (χ1n) is 9.16. The summed E-state index contributed by atoms with van der Waals surface area (Å²) in [6.45, 7) is 0.355. The number of anilines is 1. The van der Waals surface area contributed by atoms with Gasteiger partial charge in [0, 0.05) is 31.9 Å². The summed E-state index contributed by atoms with van der Waals surface area (Å²) < 4.78 is 34.5. The molecule has 0 saturated carbocycles. The Labute approximate surface area is 172 Å². The summed E-state index contributed by atoms with van der Waals surface area (Å²) in [5.74, 6) is -0.151. The Hall–Kier alpha value is -2.42. The van der Waals surface area contributed by atoms with Gasteiger partial charge in [0.1, 0.15) is 5.75 Å². The number of carbonyl (C=O) groups excluding carboxylic acids is 1. The van der Waals surface area contributed by atoms with Gasteiger partial charge < -0.3 is 20.1 Å². The third kappa shape index (κ3) is 6.85. The molecule has 9 heteroatoms. The van der Waals surface area contributed by atoms with Crippen molar-refractivity contribution in [1.82, 2.24) is 10.2 Å². The number of carbonyl (C=O) groups is 1. The van der Waals surface area contributed by atoms with Gasteiger partial charge in [-0.25, -0.2) is 4.79 Å². The van der Waals surface area contributed by atoms with Crippen molar-refractivity contribution in [2.45, 2.75) is 19.3 Å². The Bertz CT molecular complexity index is 811. The van der Waals surface area contributed by atoms with Crippen LogP contribution in [0.25, 0.3) is 0 Å². The number of alkyl halides is 2. The number of amides is 2. The van der Waals surface area contributed by atoms with Crippen molar-refractivity contribution in [2.24, 2.45) is 0 Å². The van der Waals surface area contributed by atoms with Crippen LogP contribution in [-0.2, 0) is 11.3 Å². The molecule has 0 spiro atoms. The van der Waals surface area contributed by atoms with Gasteiger partial charge in [-0.2, -0.15) is 8.78 Å². The predicted molar refractivity (Wildman–Crippen MR) is 107 cm³/mol. The Balaban J connectivity index is 1.44. The number of hydrogen-bond donors (Lipinski definition) is 2. The molecule has 1 heterocycles. The van der Waals surface area contributed by atoms with E-state index in [1.807, 2.05) is 18.2 Å². The minimum absolute atomic E-state index is 0.0183. The van der Waals surface area contributed by atoms with Crippen molar-refractivity contribution in [3.8, 4) is 5.75 Å². The van der Waals surface area contributed by atoms with Crippen LogP contribution in [0.5, 0.6) is 5.75 Å². The first-order chi connectivity index (χ1) is 14.0. The lowest BCUT2D eigenvalue weighted by atomic mass is 10.2. The molecule has 2 aromatic carbocycles. The van der Waals surface area contributed by atoms with E-state index in [9.17, 15) is 13.6 Å². The third-order valence-corrected chi connectivity index (χ3v) is 4.66. The predicted octanol–water partition coefficient (Wildman–Crippen LogP) is 3.96. The van der Waals surface area contributed by atoms with Crippen LogP contribution in [0.1, 0.15) is 5.56 Å². The van der Waals surface area contributed by atoms with Crippen LogP contribution in [0.4, 0.5) is 19.3 Å². The molecule has 6 nitrogen and oxygen atoms in total. The van der Waals surface area contributed by atoms with E-state index in [1.165, 1.54) is 23.8 Å². The van der Waals surface area contributed by atoms with Crippen molar-refractivity contribution in [1.29, 1.82) is 0 Å². The van der Waals surface area contributed by atoms with Gasteiger partial charge >= 0.3 is 12.6 Å². The van der Waals surface area contributed by atoms with Gasteiger partial charge in [0.25, 0.3) is 0 Å². The van der Waals surface area contributed by atoms with Crippen LogP contribution in [0.2, 0.25) is 5.02 Å². The lowest BCUT2D eigenvalue weighted by Gasteiger charge is -2.33. The van der Waals surface area contributed by atoms with Crippen LogP contribution in [-0.4, -0.2) is 49.9 Å². The molecule has 2 amide bonds. The molecule has 1 saturated heterocycles. The van der Waals surface area contributed by atoms with Crippen LogP contribution in [0, 0.1) is 0 Å². The summed E-state index contributed by atoms with van der Waals surface area (Å²) in [7, 11) is 0. The maximum Gasteiger partial charge on any atom is 0.387 e. The van der Waals surface area contributed by atoms with Crippen LogP contribution >= 0.6 is 11.6 Å². The molecule has 29 heavy (non-hydrogen) atoms. The summed E-state index contributed by atoms with van der Waals surface area (Å²) in [5, 5.41) is 5.34. The summed E-state index contributed by atoms with van der Waals surface area (Å²) in [4.78, 5) is 14.4. The maximum atomic E-state index is 12.3. The lowest BCUT2D eigenvalue weighted by Crippen LogP contribution is -2.47. The molecule has 0 aliphatic carbocycles. The highest BCUT2D eigenvalue weighted by Gasteiger charge is 2.21. The molecule has 0 radical (unpaired) electrons. The van der Waals surface area contributed by atoms with Gasteiger partial charge in [0.2, 0.25) is 0 Å². The third-order valence-electron chi connectivity index (χ3n) is 4.37. The standard InChI is InChI=1S/C20H22ClF2N3O3/c21-17-10-15(6-7-18(17)29-19(22)23)25-20(27)24-11-16-13-26(8-9-28-16)12-14-4-2-1-3-5-14/h1-7,10,16,19H,8-9,11-13H2,(H2,24,25,27). The number of nitrogens with one attached hydrogen (secondary N) is 2. The SMILES string of the molecule is O=C(NCC1CN(Cc2ccccc2)CCO1)Nc1ccc(OC(F)F)c(Cl)c1. The zero-order valence-corrected chi connectivity index (χ0v) is 16.4. The number of ether oxygens (including phenoxy) is 2. The van der Waals surface area contributed by atoms with E-state index in [2.05, 4.69) is 32.4 Å². The first kappa shape index (κ1) is 21.3. The first-order valence-corrected chi connectivity index (χ1v) is 9.54. The van der Waals surface area contributed by atoms with E-state index in [1.54, 1.807) is 0 Å². The zero-order valence-electron chi connectivity index (χ0n) is 15.6. The molecule has 1 fully saturated rings. The van der Waals surface area contributed by atoms with Gasteiger partial charge in [-0.05, 0) is 23.8 Å². The molecule has 1 atom stereocenters. The van der Waals surface area contributed by atoms with Gasteiger partial charge in [-0.3, -0.25) is 4.90 Å². The van der Waals surface area contributed by atoms with E-state index in [-0.39, 0.29) is 16.9 Å². The largest absolute Gasteiger partial charge is 0.433 e.